The molecular weight excluding hydrogens is 388 g/mol. The van der Waals surface area contributed by atoms with Crippen molar-refractivity contribution in [3.05, 3.63) is 89.4 Å². The fraction of sp³-hybridized carbons (Fsp3) is 0.192. The van der Waals surface area contributed by atoms with E-state index < -0.39 is 0 Å². The van der Waals surface area contributed by atoms with Gasteiger partial charge < -0.3 is 19.0 Å². The summed E-state index contributed by atoms with van der Waals surface area (Å²) in [7, 11) is 1.67. The smallest absolute Gasteiger partial charge is 0.250 e. The van der Waals surface area contributed by atoms with Gasteiger partial charge in [0, 0.05) is 27.6 Å². The van der Waals surface area contributed by atoms with Gasteiger partial charge in [-0.3, -0.25) is 4.79 Å². The molecule has 1 amide bonds. The highest BCUT2D eigenvalue weighted by Crippen LogP contribution is 2.45. The predicted octanol–water partition coefficient (Wildman–Crippen LogP) is 5.86. The minimum absolute atomic E-state index is 0.0424. The molecule has 5 nitrogen and oxygen atoms in total. The Morgan fingerprint density at radius 2 is 1.90 bits per heavy atom. The van der Waals surface area contributed by atoms with E-state index in [1.807, 2.05) is 54.3 Å². The van der Waals surface area contributed by atoms with Crippen LogP contribution in [0.3, 0.4) is 0 Å². The minimum atomic E-state index is -0.185. The van der Waals surface area contributed by atoms with E-state index in [2.05, 4.69) is 30.1 Å². The van der Waals surface area contributed by atoms with Gasteiger partial charge in [0.2, 0.25) is 0 Å². The monoisotopic (exact) mass is 412 g/mol. The lowest BCUT2D eigenvalue weighted by atomic mass is 9.93. The number of rotatable bonds is 5. The average Bonchev–Trinajstić information content (AvgIpc) is 3.49. The van der Waals surface area contributed by atoms with Crippen LogP contribution < -0.4 is 4.74 Å². The number of aromatic amines is 1. The number of benzene rings is 2. The molecule has 0 radical (unpaired) electrons. The molecule has 156 valence electrons. The van der Waals surface area contributed by atoms with Crippen LogP contribution in [0.15, 0.2) is 82.5 Å². The molecule has 0 aliphatic carbocycles. The highest BCUT2D eigenvalue weighted by atomic mass is 16.5. The zero-order valence-corrected chi connectivity index (χ0v) is 17.8. The van der Waals surface area contributed by atoms with Gasteiger partial charge in [0.1, 0.15) is 11.5 Å². The molecule has 31 heavy (non-hydrogen) atoms. The topological polar surface area (TPSA) is 58.5 Å². The van der Waals surface area contributed by atoms with Crippen molar-refractivity contribution in [2.75, 3.05) is 7.11 Å². The number of hydrogen-bond acceptors (Lipinski definition) is 3. The Morgan fingerprint density at radius 1 is 1.06 bits per heavy atom. The molecule has 0 saturated carbocycles. The average molecular weight is 412 g/mol. The number of amides is 1. The van der Waals surface area contributed by atoms with Gasteiger partial charge in [0.15, 0.2) is 0 Å². The molecule has 0 bridgehead atoms. The van der Waals surface area contributed by atoms with E-state index in [0.29, 0.717) is 6.54 Å². The van der Waals surface area contributed by atoms with E-state index in [1.54, 1.807) is 13.4 Å². The molecule has 0 fully saturated rings. The van der Waals surface area contributed by atoms with Crippen LogP contribution >= 0.6 is 0 Å². The molecule has 2 aromatic heterocycles. The maximum absolute atomic E-state index is 13.2. The second kappa shape index (κ2) is 7.51. The first-order chi connectivity index (χ1) is 15.1. The van der Waals surface area contributed by atoms with Crippen molar-refractivity contribution in [3.63, 3.8) is 0 Å². The zero-order chi connectivity index (χ0) is 21.5. The lowest BCUT2D eigenvalue weighted by Crippen LogP contribution is -2.29. The molecule has 1 aliphatic heterocycles. The van der Waals surface area contributed by atoms with Gasteiger partial charge in [-0.25, -0.2) is 0 Å². The summed E-state index contributed by atoms with van der Waals surface area (Å²) in [6.07, 6.45) is 1.64. The van der Waals surface area contributed by atoms with Crippen LogP contribution in [0.1, 0.15) is 31.2 Å². The molecule has 1 aliphatic rings. The number of H-pyrrole nitrogens is 1. The number of furan rings is 1. The van der Waals surface area contributed by atoms with E-state index in [9.17, 15) is 4.79 Å². The van der Waals surface area contributed by atoms with Crippen molar-refractivity contribution in [1.82, 2.24) is 9.88 Å². The molecule has 0 saturated heterocycles. The molecule has 5 rings (SSSR count). The maximum atomic E-state index is 13.2. The highest BCUT2D eigenvalue weighted by molar-refractivity contribution is 6.00. The Kier molecular flexibility index (Phi) is 4.66. The first kappa shape index (κ1) is 19.2. The zero-order valence-electron chi connectivity index (χ0n) is 17.8. The first-order valence-electron chi connectivity index (χ1n) is 10.3. The molecule has 4 aromatic rings. The Labute approximate surface area is 180 Å². The van der Waals surface area contributed by atoms with Crippen LogP contribution in [0.4, 0.5) is 0 Å². The Bertz CT molecular complexity index is 1300. The fourth-order valence-electron chi connectivity index (χ4n) is 4.50. The number of methoxy groups -OCH3 is 1. The van der Waals surface area contributed by atoms with Crippen LogP contribution in [0.25, 0.3) is 22.2 Å². The summed E-state index contributed by atoms with van der Waals surface area (Å²) in [6, 6.07) is 19.8. The van der Waals surface area contributed by atoms with E-state index in [1.165, 1.54) is 0 Å². The van der Waals surface area contributed by atoms with Crippen molar-refractivity contribution < 1.29 is 13.9 Å². The third-order valence-electron chi connectivity index (χ3n) is 6.18. The quantitative estimate of drug-likeness (QED) is 0.447. The van der Waals surface area contributed by atoms with Crippen molar-refractivity contribution >= 4 is 16.8 Å². The lowest BCUT2D eigenvalue weighted by molar-refractivity contribution is -0.127. The SMILES string of the molecule is COc1cccc(-c2[nH]c3ccccc3c2[C@H]2C(C)=C(C)C(=O)N2Cc2ccco2)c1. The van der Waals surface area contributed by atoms with Crippen LogP contribution in [-0.4, -0.2) is 22.9 Å². The second-order valence-electron chi connectivity index (χ2n) is 7.91. The Balaban J connectivity index is 1.73. The van der Waals surface area contributed by atoms with Crippen LogP contribution in [-0.2, 0) is 11.3 Å². The van der Waals surface area contributed by atoms with Crippen LogP contribution in [0.2, 0.25) is 0 Å². The summed E-state index contributed by atoms with van der Waals surface area (Å²) in [5, 5.41) is 1.11. The number of fused-ring (bicyclic) bond motifs is 1. The lowest BCUT2D eigenvalue weighted by Gasteiger charge is -2.27. The number of para-hydroxylation sites is 1. The third-order valence-corrected chi connectivity index (χ3v) is 6.18. The number of carbonyl (C=O) groups excluding carboxylic acids is 1. The summed E-state index contributed by atoms with van der Waals surface area (Å²) >= 11 is 0. The molecule has 0 unspecified atom stereocenters. The fourth-order valence-corrected chi connectivity index (χ4v) is 4.50. The van der Waals surface area contributed by atoms with E-state index >= 15 is 0 Å². The Hall–Kier alpha value is -3.73. The van der Waals surface area contributed by atoms with Gasteiger partial charge in [-0.15, -0.1) is 0 Å². The van der Waals surface area contributed by atoms with E-state index in [-0.39, 0.29) is 11.9 Å². The maximum Gasteiger partial charge on any atom is 0.250 e. The van der Waals surface area contributed by atoms with E-state index in [0.717, 1.165) is 50.4 Å². The molecule has 2 aromatic carbocycles. The van der Waals surface area contributed by atoms with Crippen molar-refractivity contribution in [3.8, 4) is 17.0 Å². The molecule has 1 N–H and O–H groups in total. The summed E-state index contributed by atoms with van der Waals surface area (Å²) in [4.78, 5) is 18.7. The molecule has 1 atom stereocenters. The standard InChI is InChI=1S/C26H24N2O3/c1-16-17(2)26(29)28(15-20-10-7-13-31-20)25(16)23-21-11-4-5-12-22(21)27-24(23)18-8-6-9-19(14-18)30-3/h4-14,25,27H,15H2,1-3H3/t25-/m1/s1. The summed E-state index contributed by atoms with van der Waals surface area (Å²) in [5.41, 5.74) is 6.00. The summed E-state index contributed by atoms with van der Waals surface area (Å²) < 4.78 is 11.0. The van der Waals surface area contributed by atoms with Gasteiger partial charge in [0.05, 0.1) is 31.7 Å². The van der Waals surface area contributed by atoms with E-state index in [4.69, 9.17) is 9.15 Å². The number of aromatic nitrogens is 1. The summed E-state index contributed by atoms with van der Waals surface area (Å²) in [6.45, 7) is 4.38. The molecule has 3 heterocycles. The number of nitrogens with zero attached hydrogens (tertiary/aromatic N) is 1. The number of carbonyl (C=O) groups is 1. The van der Waals surface area contributed by atoms with Gasteiger partial charge in [-0.2, -0.15) is 0 Å². The Morgan fingerprint density at radius 3 is 2.68 bits per heavy atom. The van der Waals surface area contributed by atoms with Crippen LogP contribution in [0, 0.1) is 0 Å². The minimum Gasteiger partial charge on any atom is -0.497 e. The predicted molar refractivity (Wildman–Crippen MR) is 121 cm³/mol. The first-order valence-corrected chi connectivity index (χ1v) is 10.3. The van der Waals surface area contributed by atoms with Crippen molar-refractivity contribution in [2.45, 2.75) is 26.4 Å². The molecular formula is C26H24N2O3. The molecule has 0 spiro atoms. The van der Waals surface area contributed by atoms with Gasteiger partial charge in [0.25, 0.3) is 5.91 Å². The molecule has 5 heteroatoms. The second-order valence-corrected chi connectivity index (χ2v) is 7.91. The highest BCUT2D eigenvalue weighted by Gasteiger charge is 2.39. The van der Waals surface area contributed by atoms with Gasteiger partial charge in [-0.1, -0.05) is 30.3 Å². The van der Waals surface area contributed by atoms with Crippen molar-refractivity contribution in [2.24, 2.45) is 0 Å². The van der Waals surface area contributed by atoms with Crippen molar-refractivity contribution in [1.29, 1.82) is 0 Å². The number of hydrogen-bond donors (Lipinski definition) is 1. The van der Waals surface area contributed by atoms with Gasteiger partial charge in [-0.05, 0) is 49.8 Å². The summed E-state index contributed by atoms with van der Waals surface area (Å²) in [5.74, 6) is 1.60. The normalized spacial score (nSPS) is 16.5. The third kappa shape index (κ3) is 3.13. The largest absolute Gasteiger partial charge is 0.497 e. The number of ether oxygens (including phenoxy) is 1. The van der Waals surface area contributed by atoms with Gasteiger partial charge >= 0.3 is 0 Å². The van der Waals surface area contributed by atoms with Crippen LogP contribution in [0.5, 0.6) is 5.75 Å². The number of nitrogens with one attached hydrogen (secondary N) is 1.